The number of furan rings is 1. The van der Waals surface area contributed by atoms with Gasteiger partial charge in [0, 0.05) is 5.56 Å². The molecule has 2 nitrogen and oxygen atoms in total. The molecule has 0 spiro atoms. The maximum absolute atomic E-state index is 5.95. The second-order valence-electron chi connectivity index (χ2n) is 4.52. The lowest BCUT2D eigenvalue weighted by Crippen LogP contribution is -2.06. The summed E-state index contributed by atoms with van der Waals surface area (Å²) in [5.74, 6) is 1.76. The third-order valence-electron chi connectivity index (χ3n) is 3.22. The van der Waals surface area contributed by atoms with Crippen molar-refractivity contribution in [1.82, 2.24) is 0 Å². The summed E-state index contributed by atoms with van der Waals surface area (Å²) in [6, 6.07) is 10.3. The molecule has 2 aromatic rings. The van der Waals surface area contributed by atoms with Gasteiger partial charge in [0.05, 0.1) is 6.04 Å². The first-order chi connectivity index (χ1) is 8.11. The van der Waals surface area contributed by atoms with Gasteiger partial charge in [-0.05, 0) is 49.6 Å². The van der Waals surface area contributed by atoms with Gasteiger partial charge < -0.3 is 10.2 Å². The van der Waals surface area contributed by atoms with E-state index in [1.165, 1.54) is 11.1 Å². The molecule has 1 atom stereocenters. The molecule has 0 aliphatic carbocycles. The second kappa shape index (κ2) is 4.76. The molecule has 2 rings (SSSR count). The first kappa shape index (κ1) is 11.9. The SMILES string of the molecule is CCC(N)c1ccc(-c2ccc(C)c(C)c2)o1. The largest absolute Gasteiger partial charge is 0.459 e. The number of hydrogen-bond acceptors (Lipinski definition) is 2. The van der Waals surface area contributed by atoms with Crippen molar-refractivity contribution in [1.29, 1.82) is 0 Å². The van der Waals surface area contributed by atoms with Crippen molar-refractivity contribution in [3.05, 3.63) is 47.2 Å². The first-order valence-corrected chi connectivity index (χ1v) is 6.04. The molecule has 17 heavy (non-hydrogen) atoms. The number of hydrogen-bond donors (Lipinski definition) is 1. The molecule has 0 bridgehead atoms. The third kappa shape index (κ3) is 2.42. The van der Waals surface area contributed by atoms with Crippen molar-refractivity contribution < 1.29 is 4.42 Å². The van der Waals surface area contributed by atoms with Crippen LogP contribution in [0, 0.1) is 13.8 Å². The van der Waals surface area contributed by atoms with E-state index >= 15 is 0 Å². The Morgan fingerprint density at radius 3 is 2.53 bits per heavy atom. The molecule has 1 unspecified atom stereocenters. The van der Waals surface area contributed by atoms with E-state index in [4.69, 9.17) is 10.2 Å². The van der Waals surface area contributed by atoms with Crippen LogP contribution in [0.2, 0.25) is 0 Å². The fraction of sp³-hybridized carbons (Fsp3) is 0.333. The van der Waals surface area contributed by atoms with Gasteiger partial charge in [-0.25, -0.2) is 0 Å². The molecule has 1 heterocycles. The number of benzene rings is 1. The maximum Gasteiger partial charge on any atom is 0.134 e. The molecule has 0 aliphatic heterocycles. The zero-order valence-corrected chi connectivity index (χ0v) is 10.7. The molecule has 90 valence electrons. The van der Waals surface area contributed by atoms with E-state index in [0.29, 0.717) is 0 Å². The van der Waals surface area contributed by atoms with Crippen LogP contribution in [0.4, 0.5) is 0 Å². The van der Waals surface area contributed by atoms with Gasteiger partial charge in [0.25, 0.3) is 0 Å². The van der Waals surface area contributed by atoms with Crippen LogP contribution in [0.25, 0.3) is 11.3 Å². The minimum atomic E-state index is -0.00436. The Hall–Kier alpha value is -1.54. The van der Waals surface area contributed by atoms with Gasteiger partial charge in [-0.2, -0.15) is 0 Å². The fourth-order valence-corrected chi connectivity index (χ4v) is 1.80. The summed E-state index contributed by atoms with van der Waals surface area (Å²) in [5, 5.41) is 0. The average molecular weight is 229 g/mol. The first-order valence-electron chi connectivity index (χ1n) is 6.04. The van der Waals surface area contributed by atoms with Crippen LogP contribution < -0.4 is 5.73 Å². The van der Waals surface area contributed by atoms with Crippen LogP contribution in [0.5, 0.6) is 0 Å². The number of aryl methyl sites for hydroxylation is 2. The predicted octanol–water partition coefficient (Wildman–Crippen LogP) is 3.97. The molecule has 0 saturated carbocycles. The van der Waals surface area contributed by atoms with Crippen LogP contribution in [0.3, 0.4) is 0 Å². The van der Waals surface area contributed by atoms with Crippen molar-refractivity contribution in [3.63, 3.8) is 0 Å². The Morgan fingerprint density at radius 2 is 1.88 bits per heavy atom. The highest BCUT2D eigenvalue weighted by atomic mass is 16.3. The normalized spacial score (nSPS) is 12.7. The summed E-state index contributed by atoms with van der Waals surface area (Å²) in [6.45, 7) is 6.28. The molecular formula is C15H19NO. The van der Waals surface area contributed by atoms with Crippen LogP contribution >= 0.6 is 0 Å². The molecule has 0 fully saturated rings. The molecular weight excluding hydrogens is 210 g/mol. The summed E-state index contributed by atoms with van der Waals surface area (Å²) < 4.78 is 5.79. The highest BCUT2D eigenvalue weighted by Crippen LogP contribution is 2.27. The van der Waals surface area contributed by atoms with Gasteiger partial charge in [-0.15, -0.1) is 0 Å². The lowest BCUT2D eigenvalue weighted by molar-refractivity contribution is 0.470. The lowest BCUT2D eigenvalue weighted by atomic mass is 10.1. The molecule has 2 heteroatoms. The zero-order valence-electron chi connectivity index (χ0n) is 10.7. The second-order valence-corrected chi connectivity index (χ2v) is 4.52. The van der Waals surface area contributed by atoms with Gasteiger partial charge in [-0.3, -0.25) is 0 Å². The van der Waals surface area contributed by atoms with Gasteiger partial charge in [-0.1, -0.05) is 19.1 Å². The Balaban J connectivity index is 2.33. The molecule has 2 N–H and O–H groups in total. The van der Waals surface area contributed by atoms with E-state index in [-0.39, 0.29) is 6.04 Å². The monoisotopic (exact) mass is 229 g/mol. The van der Waals surface area contributed by atoms with E-state index in [1.54, 1.807) is 0 Å². The van der Waals surface area contributed by atoms with Crippen molar-refractivity contribution in [2.75, 3.05) is 0 Å². The summed E-state index contributed by atoms with van der Waals surface area (Å²) >= 11 is 0. The molecule has 1 aromatic carbocycles. The quantitative estimate of drug-likeness (QED) is 0.864. The van der Waals surface area contributed by atoms with E-state index in [1.807, 2.05) is 12.1 Å². The molecule has 0 saturated heterocycles. The van der Waals surface area contributed by atoms with Crippen molar-refractivity contribution in [2.24, 2.45) is 5.73 Å². The fourth-order valence-electron chi connectivity index (χ4n) is 1.80. The van der Waals surface area contributed by atoms with E-state index in [2.05, 4.69) is 39.0 Å². The van der Waals surface area contributed by atoms with Crippen molar-refractivity contribution in [2.45, 2.75) is 33.2 Å². The van der Waals surface area contributed by atoms with E-state index in [9.17, 15) is 0 Å². The number of nitrogens with two attached hydrogens (primary N) is 1. The summed E-state index contributed by atoms with van der Waals surface area (Å²) in [4.78, 5) is 0. The van der Waals surface area contributed by atoms with Crippen LogP contribution in [-0.2, 0) is 0 Å². The summed E-state index contributed by atoms with van der Waals surface area (Å²) in [7, 11) is 0. The van der Waals surface area contributed by atoms with Crippen molar-refractivity contribution >= 4 is 0 Å². The average Bonchev–Trinajstić information content (AvgIpc) is 2.81. The predicted molar refractivity (Wildman–Crippen MR) is 70.8 cm³/mol. The Morgan fingerprint density at radius 1 is 1.12 bits per heavy atom. The van der Waals surface area contributed by atoms with Gasteiger partial charge >= 0.3 is 0 Å². The Bertz CT molecular complexity index is 513. The maximum atomic E-state index is 5.95. The van der Waals surface area contributed by atoms with Gasteiger partial charge in [0.15, 0.2) is 0 Å². The number of rotatable bonds is 3. The molecule has 0 amide bonds. The smallest absolute Gasteiger partial charge is 0.134 e. The Labute approximate surface area is 102 Å². The highest BCUT2D eigenvalue weighted by molar-refractivity contribution is 5.59. The third-order valence-corrected chi connectivity index (χ3v) is 3.22. The van der Waals surface area contributed by atoms with Gasteiger partial charge in [0.2, 0.25) is 0 Å². The van der Waals surface area contributed by atoms with Gasteiger partial charge in [0.1, 0.15) is 11.5 Å². The summed E-state index contributed by atoms with van der Waals surface area (Å²) in [6.07, 6.45) is 0.889. The Kier molecular flexibility index (Phi) is 3.34. The molecule has 1 aromatic heterocycles. The van der Waals surface area contributed by atoms with E-state index < -0.39 is 0 Å². The van der Waals surface area contributed by atoms with E-state index in [0.717, 1.165) is 23.5 Å². The zero-order chi connectivity index (χ0) is 12.4. The molecule has 0 radical (unpaired) electrons. The molecule has 0 aliphatic rings. The topological polar surface area (TPSA) is 39.2 Å². The van der Waals surface area contributed by atoms with Crippen molar-refractivity contribution in [3.8, 4) is 11.3 Å². The van der Waals surface area contributed by atoms with Crippen LogP contribution in [0.1, 0.15) is 36.3 Å². The summed E-state index contributed by atoms with van der Waals surface area (Å²) in [5.41, 5.74) is 9.63. The van der Waals surface area contributed by atoms with Crippen LogP contribution in [0.15, 0.2) is 34.7 Å². The standard InChI is InChI=1S/C15H19NO/c1-4-13(16)15-8-7-14(17-15)12-6-5-10(2)11(3)9-12/h5-9,13H,4,16H2,1-3H3. The lowest BCUT2D eigenvalue weighted by Gasteiger charge is -2.05. The van der Waals surface area contributed by atoms with Crippen LogP contribution in [-0.4, -0.2) is 0 Å². The minimum Gasteiger partial charge on any atom is -0.459 e. The minimum absolute atomic E-state index is 0.00436. The highest BCUT2D eigenvalue weighted by Gasteiger charge is 2.10.